The second-order valence-corrected chi connectivity index (χ2v) is 4.12. The molecule has 0 N–H and O–H groups in total. The van der Waals surface area contributed by atoms with Gasteiger partial charge in [-0.25, -0.2) is 0 Å². The van der Waals surface area contributed by atoms with E-state index < -0.39 is 0 Å². The molecule has 1 rings (SSSR count). The van der Waals surface area contributed by atoms with Crippen molar-refractivity contribution in [3.8, 4) is 0 Å². The molecule has 0 heterocycles. The summed E-state index contributed by atoms with van der Waals surface area (Å²) >= 11 is 2.38. The van der Waals surface area contributed by atoms with E-state index in [1.165, 1.54) is 34.8 Å². The molecule has 0 saturated heterocycles. The van der Waals surface area contributed by atoms with E-state index in [2.05, 4.69) is 41.6 Å². The van der Waals surface area contributed by atoms with Crippen LogP contribution in [-0.4, -0.2) is 0 Å². The Kier molecular flexibility index (Phi) is 4.66. The summed E-state index contributed by atoms with van der Waals surface area (Å²) in [7, 11) is 0. The van der Waals surface area contributed by atoms with E-state index in [-0.39, 0.29) is 0 Å². The fraction of sp³-hybridized carbons (Fsp3) is 0.455. The van der Waals surface area contributed by atoms with Crippen molar-refractivity contribution in [1.29, 1.82) is 0 Å². The molecule has 0 amide bonds. The number of halogens is 1. The molecular formula is C11H14I. The molecule has 0 bridgehead atoms. The second kappa shape index (κ2) is 5.57. The summed E-state index contributed by atoms with van der Waals surface area (Å²) in [6.07, 6.45) is 5.11. The highest BCUT2D eigenvalue weighted by molar-refractivity contribution is 14.1. The summed E-state index contributed by atoms with van der Waals surface area (Å²) in [4.78, 5) is 0. The Labute approximate surface area is 88.5 Å². The highest BCUT2D eigenvalue weighted by atomic mass is 127. The smallest absolute Gasteiger partial charge is 0.0168 e. The van der Waals surface area contributed by atoms with Crippen LogP contribution < -0.4 is 0 Å². The standard InChI is InChI=1S/C11H14I/c1-2-3-4-7-10-8-5-6-9-11(10)12/h5-6,9H,2-4,7H2,1H3. The number of aryl methyl sites for hydroxylation is 1. The topological polar surface area (TPSA) is 0 Å². The van der Waals surface area contributed by atoms with Crippen molar-refractivity contribution >= 4 is 22.6 Å². The van der Waals surface area contributed by atoms with Crippen molar-refractivity contribution in [1.82, 2.24) is 0 Å². The van der Waals surface area contributed by atoms with E-state index >= 15 is 0 Å². The zero-order valence-electron chi connectivity index (χ0n) is 7.44. The van der Waals surface area contributed by atoms with Crippen LogP contribution in [0.5, 0.6) is 0 Å². The zero-order valence-corrected chi connectivity index (χ0v) is 9.60. The minimum absolute atomic E-state index is 1.19. The zero-order chi connectivity index (χ0) is 8.81. The van der Waals surface area contributed by atoms with Gasteiger partial charge in [-0.3, -0.25) is 0 Å². The van der Waals surface area contributed by atoms with E-state index in [1.807, 2.05) is 12.1 Å². The number of benzene rings is 1. The Morgan fingerprint density at radius 2 is 2.25 bits per heavy atom. The van der Waals surface area contributed by atoms with E-state index in [0.29, 0.717) is 0 Å². The predicted octanol–water partition coefficient (Wildman–Crippen LogP) is 3.82. The summed E-state index contributed by atoms with van der Waals surface area (Å²) < 4.78 is 1.35. The summed E-state index contributed by atoms with van der Waals surface area (Å²) in [6, 6.07) is 9.49. The molecule has 0 spiro atoms. The van der Waals surface area contributed by atoms with Gasteiger partial charge in [0.1, 0.15) is 0 Å². The fourth-order valence-corrected chi connectivity index (χ4v) is 1.83. The Hall–Kier alpha value is -0.0500. The van der Waals surface area contributed by atoms with E-state index in [4.69, 9.17) is 0 Å². The van der Waals surface area contributed by atoms with E-state index in [9.17, 15) is 0 Å². The monoisotopic (exact) mass is 273 g/mol. The Balaban J connectivity index is 2.46. The Morgan fingerprint density at radius 3 is 2.92 bits per heavy atom. The molecule has 1 radical (unpaired) electrons. The minimum Gasteiger partial charge on any atom is -0.0654 e. The first kappa shape index (κ1) is 10.0. The SMILES string of the molecule is CCCCCc1[c]cccc1I. The van der Waals surface area contributed by atoms with Crippen LogP contribution in [0.25, 0.3) is 0 Å². The first-order valence-corrected chi connectivity index (χ1v) is 5.57. The molecule has 0 aliphatic heterocycles. The van der Waals surface area contributed by atoms with E-state index in [0.717, 1.165) is 0 Å². The Morgan fingerprint density at radius 1 is 1.42 bits per heavy atom. The van der Waals surface area contributed by atoms with Gasteiger partial charge in [0.05, 0.1) is 0 Å². The third-order valence-electron chi connectivity index (χ3n) is 1.91. The van der Waals surface area contributed by atoms with Crippen LogP contribution in [0.1, 0.15) is 31.7 Å². The van der Waals surface area contributed by atoms with Crippen molar-refractivity contribution in [3.05, 3.63) is 33.4 Å². The fourth-order valence-electron chi connectivity index (χ4n) is 1.19. The van der Waals surface area contributed by atoms with Gasteiger partial charge in [-0.15, -0.1) is 0 Å². The molecule has 0 atom stereocenters. The predicted molar refractivity (Wildman–Crippen MR) is 61.2 cm³/mol. The molecule has 0 nitrogen and oxygen atoms in total. The second-order valence-electron chi connectivity index (χ2n) is 2.95. The van der Waals surface area contributed by atoms with Crippen molar-refractivity contribution in [3.63, 3.8) is 0 Å². The molecular weight excluding hydrogens is 259 g/mol. The van der Waals surface area contributed by atoms with Gasteiger partial charge in [0.25, 0.3) is 0 Å². The lowest BCUT2D eigenvalue weighted by atomic mass is 10.1. The molecule has 1 aromatic carbocycles. The normalized spacial score (nSPS) is 10.2. The van der Waals surface area contributed by atoms with Crippen molar-refractivity contribution in [2.24, 2.45) is 0 Å². The molecule has 0 saturated carbocycles. The molecule has 12 heavy (non-hydrogen) atoms. The molecule has 0 unspecified atom stereocenters. The van der Waals surface area contributed by atoms with E-state index in [1.54, 1.807) is 0 Å². The van der Waals surface area contributed by atoms with Crippen LogP contribution in [0, 0.1) is 9.64 Å². The van der Waals surface area contributed by atoms with Crippen LogP contribution in [0.2, 0.25) is 0 Å². The summed E-state index contributed by atoms with van der Waals surface area (Å²) in [6.45, 7) is 2.24. The largest absolute Gasteiger partial charge is 0.0654 e. The van der Waals surface area contributed by atoms with Crippen LogP contribution in [-0.2, 0) is 6.42 Å². The number of hydrogen-bond acceptors (Lipinski definition) is 0. The third-order valence-corrected chi connectivity index (χ3v) is 2.93. The summed E-state index contributed by atoms with van der Waals surface area (Å²) in [5, 5.41) is 0. The quantitative estimate of drug-likeness (QED) is 0.578. The molecule has 1 heteroatoms. The lowest BCUT2D eigenvalue weighted by Gasteiger charge is -2.01. The molecule has 0 fully saturated rings. The lowest BCUT2D eigenvalue weighted by molar-refractivity contribution is 0.715. The number of unbranched alkanes of at least 4 members (excludes halogenated alkanes) is 2. The average molecular weight is 273 g/mol. The van der Waals surface area contributed by atoms with Gasteiger partial charge in [-0.05, 0) is 53.1 Å². The first-order valence-electron chi connectivity index (χ1n) is 4.49. The van der Waals surface area contributed by atoms with Crippen molar-refractivity contribution < 1.29 is 0 Å². The molecule has 65 valence electrons. The molecule has 0 aliphatic carbocycles. The van der Waals surface area contributed by atoms with Crippen molar-refractivity contribution in [2.75, 3.05) is 0 Å². The van der Waals surface area contributed by atoms with Gasteiger partial charge in [-0.1, -0.05) is 31.9 Å². The highest BCUT2D eigenvalue weighted by Gasteiger charge is 1.96. The van der Waals surface area contributed by atoms with Gasteiger partial charge >= 0.3 is 0 Å². The van der Waals surface area contributed by atoms with Crippen molar-refractivity contribution in [2.45, 2.75) is 32.6 Å². The number of rotatable bonds is 4. The average Bonchev–Trinajstić information content (AvgIpc) is 2.09. The molecule has 1 aromatic rings. The lowest BCUT2D eigenvalue weighted by Crippen LogP contribution is -1.88. The summed E-state index contributed by atoms with van der Waals surface area (Å²) in [5.41, 5.74) is 1.38. The maximum atomic E-state index is 3.29. The Bertz CT molecular complexity index is 230. The highest BCUT2D eigenvalue weighted by Crippen LogP contribution is 2.13. The first-order chi connectivity index (χ1) is 5.84. The van der Waals surface area contributed by atoms with Gasteiger partial charge < -0.3 is 0 Å². The van der Waals surface area contributed by atoms with Crippen LogP contribution in [0.3, 0.4) is 0 Å². The molecule has 0 aliphatic rings. The maximum absolute atomic E-state index is 3.29. The number of hydrogen-bond donors (Lipinski definition) is 0. The summed E-state index contributed by atoms with van der Waals surface area (Å²) in [5.74, 6) is 0. The third kappa shape index (κ3) is 3.13. The van der Waals surface area contributed by atoms with Crippen LogP contribution in [0.15, 0.2) is 18.2 Å². The maximum Gasteiger partial charge on any atom is 0.0168 e. The molecule has 0 aromatic heterocycles. The minimum atomic E-state index is 1.19. The van der Waals surface area contributed by atoms with Gasteiger partial charge in [0.2, 0.25) is 0 Å². The van der Waals surface area contributed by atoms with Gasteiger partial charge in [-0.2, -0.15) is 0 Å². The van der Waals surface area contributed by atoms with Gasteiger partial charge in [0.15, 0.2) is 0 Å². The van der Waals surface area contributed by atoms with Gasteiger partial charge in [0, 0.05) is 3.57 Å². The van der Waals surface area contributed by atoms with Crippen LogP contribution in [0.4, 0.5) is 0 Å². The van der Waals surface area contributed by atoms with Crippen LogP contribution >= 0.6 is 22.6 Å².